The third-order valence-corrected chi connectivity index (χ3v) is 4.27. The van der Waals surface area contributed by atoms with Gasteiger partial charge in [0.15, 0.2) is 0 Å². The maximum Gasteiger partial charge on any atom is 0.338 e. The molecule has 0 aliphatic heterocycles. The van der Waals surface area contributed by atoms with E-state index in [1.807, 2.05) is 18.2 Å². The molecule has 3 nitrogen and oxygen atoms in total. The summed E-state index contributed by atoms with van der Waals surface area (Å²) in [4.78, 5) is 11.7. The molecule has 0 aliphatic rings. The molecule has 0 fully saturated rings. The van der Waals surface area contributed by atoms with Crippen LogP contribution in [0.3, 0.4) is 0 Å². The molecule has 0 aliphatic carbocycles. The zero-order chi connectivity index (χ0) is 19.3. The van der Waals surface area contributed by atoms with E-state index in [4.69, 9.17) is 9.47 Å². The Bertz CT molecular complexity index is 793. The van der Waals surface area contributed by atoms with Crippen molar-refractivity contribution in [3.63, 3.8) is 0 Å². The van der Waals surface area contributed by atoms with Crippen LogP contribution in [0.25, 0.3) is 11.6 Å². The Morgan fingerprint density at radius 2 is 1.65 bits per heavy atom. The van der Waals surface area contributed by atoms with Crippen LogP contribution >= 0.6 is 0 Å². The number of benzene rings is 2. The predicted octanol–water partition coefficient (Wildman–Crippen LogP) is 5.73. The van der Waals surface area contributed by atoms with Crippen molar-refractivity contribution in [2.24, 2.45) is 0 Å². The quantitative estimate of drug-likeness (QED) is 0.509. The summed E-state index contributed by atoms with van der Waals surface area (Å²) in [5.41, 5.74) is 5.11. The van der Waals surface area contributed by atoms with Crippen molar-refractivity contribution in [2.75, 3.05) is 13.7 Å². The van der Waals surface area contributed by atoms with Gasteiger partial charge in [-0.1, -0.05) is 45.0 Å². The standard InChI is InChI=1S/C23H28O3/c1-7-26-22(24)18-10-8-17(9-11-18)14-16(2)19-12-13-21(25-6)20(15-19)23(3,4)5/h8-15H,7H2,1-6H3. The summed E-state index contributed by atoms with van der Waals surface area (Å²) < 4.78 is 10.5. The van der Waals surface area contributed by atoms with E-state index in [9.17, 15) is 4.79 Å². The molecule has 0 unspecified atom stereocenters. The minimum atomic E-state index is -0.287. The number of rotatable bonds is 5. The first kappa shape index (κ1) is 19.8. The molecule has 2 aromatic rings. The van der Waals surface area contributed by atoms with E-state index >= 15 is 0 Å². The van der Waals surface area contributed by atoms with Gasteiger partial charge in [-0.15, -0.1) is 0 Å². The lowest BCUT2D eigenvalue weighted by atomic mass is 9.84. The molecular weight excluding hydrogens is 324 g/mol. The summed E-state index contributed by atoms with van der Waals surface area (Å²) in [5.74, 6) is 0.623. The number of carbonyl (C=O) groups is 1. The maximum atomic E-state index is 11.7. The molecule has 2 aromatic carbocycles. The Kier molecular flexibility index (Phi) is 6.25. The van der Waals surface area contributed by atoms with Crippen LogP contribution in [0, 0.1) is 0 Å². The summed E-state index contributed by atoms with van der Waals surface area (Å²) in [6, 6.07) is 13.8. The Balaban J connectivity index is 2.31. The lowest BCUT2D eigenvalue weighted by Gasteiger charge is -2.23. The van der Waals surface area contributed by atoms with Crippen LogP contribution in [0.1, 0.15) is 61.7 Å². The van der Waals surface area contributed by atoms with Gasteiger partial charge in [0.2, 0.25) is 0 Å². The molecule has 2 rings (SSSR count). The molecule has 3 heteroatoms. The lowest BCUT2D eigenvalue weighted by Crippen LogP contribution is -2.13. The molecule has 0 saturated heterocycles. The van der Waals surface area contributed by atoms with Gasteiger partial charge < -0.3 is 9.47 Å². The van der Waals surface area contributed by atoms with Gasteiger partial charge in [0.25, 0.3) is 0 Å². The van der Waals surface area contributed by atoms with Crippen molar-refractivity contribution >= 4 is 17.6 Å². The third kappa shape index (κ3) is 4.75. The Morgan fingerprint density at radius 1 is 1.04 bits per heavy atom. The van der Waals surface area contributed by atoms with Crippen LogP contribution in [0.2, 0.25) is 0 Å². The minimum absolute atomic E-state index is 0.00290. The maximum absolute atomic E-state index is 11.7. The topological polar surface area (TPSA) is 35.5 Å². The van der Waals surface area contributed by atoms with Crippen molar-refractivity contribution in [2.45, 2.75) is 40.0 Å². The third-order valence-electron chi connectivity index (χ3n) is 4.27. The van der Waals surface area contributed by atoms with Gasteiger partial charge in [0.1, 0.15) is 5.75 Å². The van der Waals surface area contributed by atoms with Crippen molar-refractivity contribution in [3.05, 3.63) is 64.7 Å². The van der Waals surface area contributed by atoms with Gasteiger partial charge in [0, 0.05) is 5.56 Å². The number of carbonyl (C=O) groups excluding carboxylic acids is 1. The highest BCUT2D eigenvalue weighted by molar-refractivity contribution is 5.90. The van der Waals surface area contributed by atoms with Crippen molar-refractivity contribution in [3.8, 4) is 5.75 Å². The van der Waals surface area contributed by atoms with Crippen LogP contribution in [0.15, 0.2) is 42.5 Å². The molecule has 26 heavy (non-hydrogen) atoms. The smallest absolute Gasteiger partial charge is 0.338 e. The average molecular weight is 352 g/mol. The van der Waals surface area contributed by atoms with E-state index < -0.39 is 0 Å². The highest BCUT2D eigenvalue weighted by atomic mass is 16.5. The largest absolute Gasteiger partial charge is 0.496 e. The first-order chi connectivity index (χ1) is 12.3. The Morgan fingerprint density at radius 3 is 2.19 bits per heavy atom. The predicted molar refractivity (Wildman–Crippen MR) is 108 cm³/mol. The molecule has 0 aromatic heterocycles. The van der Waals surface area contributed by atoms with Gasteiger partial charge in [-0.05, 0) is 60.2 Å². The molecule has 0 N–H and O–H groups in total. The fourth-order valence-corrected chi connectivity index (χ4v) is 2.80. The van der Waals surface area contributed by atoms with Crippen LogP contribution in [-0.4, -0.2) is 19.7 Å². The number of hydrogen-bond acceptors (Lipinski definition) is 3. The molecule has 0 atom stereocenters. The van der Waals surface area contributed by atoms with E-state index in [0.717, 1.165) is 22.4 Å². The fourth-order valence-electron chi connectivity index (χ4n) is 2.80. The summed E-state index contributed by atoms with van der Waals surface area (Å²) >= 11 is 0. The van der Waals surface area contributed by atoms with Gasteiger partial charge >= 0.3 is 5.97 Å². The molecular formula is C23H28O3. The Hall–Kier alpha value is -2.55. The first-order valence-electron chi connectivity index (χ1n) is 8.90. The number of ether oxygens (including phenoxy) is 2. The molecule has 0 radical (unpaired) electrons. The van der Waals surface area contributed by atoms with Gasteiger partial charge in [-0.2, -0.15) is 0 Å². The second-order valence-corrected chi connectivity index (χ2v) is 7.33. The van der Waals surface area contributed by atoms with Gasteiger partial charge in [-0.25, -0.2) is 4.79 Å². The zero-order valence-electron chi connectivity index (χ0n) is 16.6. The molecule has 0 bridgehead atoms. The second-order valence-electron chi connectivity index (χ2n) is 7.33. The van der Waals surface area contributed by atoms with Crippen LogP contribution in [-0.2, 0) is 10.2 Å². The van der Waals surface area contributed by atoms with Gasteiger partial charge in [-0.3, -0.25) is 0 Å². The highest BCUT2D eigenvalue weighted by Crippen LogP contribution is 2.34. The monoisotopic (exact) mass is 352 g/mol. The van der Waals surface area contributed by atoms with E-state index in [0.29, 0.717) is 12.2 Å². The second kappa shape index (κ2) is 8.22. The zero-order valence-corrected chi connectivity index (χ0v) is 16.6. The Labute approximate surface area is 156 Å². The fraction of sp³-hybridized carbons (Fsp3) is 0.348. The molecule has 138 valence electrons. The van der Waals surface area contributed by atoms with Crippen LogP contribution in [0.5, 0.6) is 5.75 Å². The normalized spacial score (nSPS) is 12.0. The molecule has 0 saturated carbocycles. The van der Waals surface area contributed by atoms with E-state index in [-0.39, 0.29) is 11.4 Å². The summed E-state index contributed by atoms with van der Waals surface area (Å²) in [6.07, 6.45) is 2.11. The van der Waals surface area contributed by atoms with Crippen molar-refractivity contribution < 1.29 is 14.3 Å². The molecule has 0 heterocycles. The molecule has 0 spiro atoms. The van der Waals surface area contributed by atoms with E-state index in [2.05, 4.69) is 45.9 Å². The highest BCUT2D eigenvalue weighted by Gasteiger charge is 2.19. The number of esters is 1. The van der Waals surface area contributed by atoms with E-state index in [1.165, 1.54) is 5.56 Å². The first-order valence-corrected chi connectivity index (χ1v) is 8.90. The minimum Gasteiger partial charge on any atom is -0.496 e. The average Bonchev–Trinajstić information content (AvgIpc) is 2.61. The summed E-state index contributed by atoms with van der Waals surface area (Å²) in [7, 11) is 1.71. The van der Waals surface area contributed by atoms with Crippen molar-refractivity contribution in [1.82, 2.24) is 0 Å². The number of methoxy groups -OCH3 is 1. The SMILES string of the molecule is CCOC(=O)c1ccc(C=C(C)c2ccc(OC)c(C(C)(C)C)c2)cc1. The number of allylic oxidation sites excluding steroid dienone is 1. The van der Waals surface area contributed by atoms with Crippen LogP contribution < -0.4 is 4.74 Å². The summed E-state index contributed by atoms with van der Waals surface area (Å²) in [5, 5.41) is 0. The summed E-state index contributed by atoms with van der Waals surface area (Å²) in [6.45, 7) is 10.8. The van der Waals surface area contributed by atoms with Gasteiger partial charge in [0.05, 0.1) is 19.3 Å². The molecule has 0 amide bonds. The van der Waals surface area contributed by atoms with E-state index in [1.54, 1.807) is 26.2 Å². The van der Waals surface area contributed by atoms with Crippen LogP contribution in [0.4, 0.5) is 0 Å². The number of hydrogen-bond donors (Lipinski definition) is 0. The lowest BCUT2D eigenvalue weighted by molar-refractivity contribution is 0.0526. The van der Waals surface area contributed by atoms with Crippen molar-refractivity contribution in [1.29, 1.82) is 0 Å².